The molecule has 1 aliphatic carbocycles. The number of ether oxygens (including phenoxy) is 2. The topological polar surface area (TPSA) is 67.9 Å². The fraction of sp³-hybridized carbons (Fsp3) is 1.00. The summed E-state index contributed by atoms with van der Waals surface area (Å²) in [7, 11) is -3.34. The second-order valence-corrected chi connectivity index (χ2v) is 8.29. The molecule has 0 atom stereocenters. The van der Waals surface area contributed by atoms with E-state index in [0.29, 0.717) is 32.2 Å². The number of nitrogens with one attached hydrogen (secondary N) is 1. The lowest BCUT2D eigenvalue weighted by Crippen LogP contribution is -2.50. The van der Waals surface area contributed by atoms with Gasteiger partial charge in [0, 0.05) is 32.0 Å². The normalized spacial score (nSPS) is 29.2. The van der Waals surface area contributed by atoms with Crippen molar-refractivity contribution in [1.82, 2.24) is 9.03 Å². The second kappa shape index (κ2) is 6.12. The molecule has 0 bridgehead atoms. The van der Waals surface area contributed by atoms with Gasteiger partial charge in [0.05, 0.1) is 13.2 Å². The molecule has 1 spiro atoms. The maximum atomic E-state index is 12.4. The van der Waals surface area contributed by atoms with Crippen LogP contribution in [0.5, 0.6) is 0 Å². The van der Waals surface area contributed by atoms with Crippen molar-refractivity contribution in [1.29, 1.82) is 0 Å². The minimum Gasteiger partial charge on any atom is -0.348 e. The molecule has 2 saturated heterocycles. The molecule has 7 heteroatoms. The van der Waals surface area contributed by atoms with Crippen LogP contribution in [-0.4, -0.2) is 50.9 Å². The average Bonchev–Trinajstić information content (AvgIpc) is 2.90. The summed E-state index contributed by atoms with van der Waals surface area (Å²) >= 11 is 0. The van der Waals surface area contributed by atoms with Crippen molar-refractivity contribution in [2.45, 2.75) is 57.3 Å². The molecular formula is C14H26N2O4S. The Morgan fingerprint density at radius 1 is 1.05 bits per heavy atom. The Labute approximate surface area is 127 Å². The van der Waals surface area contributed by atoms with Crippen LogP contribution in [0.2, 0.25) is 0 Å². The molecule has 3 aliphatic rings. The van der Waals surface area contributed by atoms with E-state index in [2.05, 4.69) is 11.6 Å². The van der Waals surface area contributed by atoms with E-state index < -0.39 is 16.0 Å². The molecule has 0 amide bonds. The molecule has 2 aliphatic heterocycles. The van der Waals surface area contributed by atoms with Crippen molar-refractivity contribution in [2.24, 2.45) is 5.92 Å². The van der Waals surface area contributed by atoms with Crippen LogP contribution in [0, 0.1) is 5.92 Å². The Hall–Kier alpha value is -0.210. The highest BCUT2D eigenvalue weighted by molar-refractivity contribution is 7.87. The lowest BCUT2D eigenvalue weighted by atomic mass is 9.91. The summed E-state index contributed by atoms with van der Waals surface area (Å²) < 4.78 is 40.7. The summed E-state index contributed by atoms with van der Waals surface area (Å²) in [6.07, 6.45) is 5.02. The highest BCUT2D eigenvalue weighted by Gasteiger charge is 2.41. The standard InChI is InChI=1S/C14H26N2O4S/c1-12-4-8-16(9-5-12)21(17,18)15-13-2-6-14(7-3-13)19-10-11-20-14/h12-13,15H,2-11H2,1H3. The van der Waals surface area contributed by atoms with Crippen LogP contribution in [0.4, 0.5) is 0 Å². The Morgan fingerprint density at radius 3 is 2.19 bits per heavy atom. The first-order valence-electron chi connectivity index (χ1n) is 8.04. The van der Waals surface area contributed by atoms with Gasteiger partial charge in [0.1, 0.15) is 0 Å². The van der Waals surface area contributed by atoms with E-state index in [-0.39, 0.29) is 6.04 Å². The third kappa shape index (κ3) is 3.59. The first-order chi connectivity index (χ1) is 9.99. The lowest BCUT2D eigenvalue weighted by molar-refractivity contribution is -0.178. The molecular weight excluding hydrogens is 292 g/mol. The maximum absolute atomic E-state index is 12.4. The van der Waals surface area contributed by atoms with Crippen LogP contribution in [-0.2, 0) is 19.7 Å². The maximum Gasteiger partial charge on any atom is 0.279 e. The highest BCUT2D eigenvalue weighted by Crippen LogP contribution is 2.36. The predicted molar refractivity (Wildman–Crippen MR) is 78.9 cm³/mol. The molecule has 1 N–H and O–H groups in total. The van der Waals surface area contributed by atoms with E-state index in [4.69, 9.17) is 9.47 Å². The van der Waals surface area contributed by atoms with Crippen molar-refractivity contribution in [2.75, 3.05) is 26.3 Å². The van der Waals surface area contributed by atoms with Crippen molar-refractivity contribution < 1.29 is 17.9 Å². The Balaban J connectivity index is 1.52. The van der Waals surface area contributed by atoms with Gasteiger partial charge in [-0.3, -0.25) is 0 Å². The Kier molecular flexibility index (Phi) is 4.57. The number of piperidine rings is 1. The number of rotatable bonds is 3. The summed E-state index contributed by atoms with van der Waals surface area (Å²) in [6.45, 7) is 4.77. The molecule has 122 valence electrons. The third-order valence-electron chi connectivity index (χ3n) is 4.96. The van der Waals surface area contributed by atoms with Crippen LogP contribution in [0.3, 0.4) is 0 Å². The van der Waals surface area contributed by atoms with Gasteiger partial charge in [-0.05, 0) is 31.6 Å². The van der Waals surface area contributed by atoms with Crippen LogP contribution in [0.15, 0.2) is 0 Å². The van der Waals surface area contributed by atoms with Gasteiger partial charge in [0.2, 0.25) is 0 Å². The molecule has 2 heterocycles. The summed E-state index contributed by atoms with van der Waals surface area (Å²) in [6, 6.07) is 0.00720. The largest absolute Gasteiger partial charge is 0.348 e. The molecule has 0 radical (unpaired) electrons. The van der Waals surface area contributed by atoms with Gasteiger partial charge < -0.3 is 9.47 Å². The number of hydrogen-bond acceptors (Lipinski definition) is 4. The van der Waals surface area contributed by atoms with Crippen LogP contribution in [0.25, 0.3) is 0 Å². The van der Waals surface area contributed by atoms with Gasteiger partial charge in [0.15, 0.2) is 5.79 Å². The first kappa shape index (κ1) is 15.7. The molecule has 21 heavy (non-hydrogen) atoms. The van der Waals surface area contributed by atoms with Gasteiger partial charge in [-0.2, -0.15) is 17.4 Å². The molecule has 0 unspecified atom stereocenters. The van der Waals surface area contributed by atoms with E-state index in [1.54, 1.807) is 4.31 Å². The minimum atomic E-state index is -3.34. The van der Waals surface area contributed by atoms with Crippen molar-refractivity contribution in [3.05, 3.63) is 0 Å². The van der Waals surface area contributed by atoms with E-state index in [9.17, 15) is 8.42 Å². The minimum absolute atomic E-state index is 0.00720. The molecule has 1 saturated carbocycles. The van der Waals surface area contributed by atoms with Crippen molar-refractivity contribution in [3.63, 3.8) is 0 Å². The Morgan fingerprint density at radius 2 is 1.62 bits per heavy atom. The van der Waals surface area contributed by atoms with Gasteiger partial charge in [-0.15, -0.1) is 0 Å². The van der Waals surface area contributed by atoms with Crippen LogP contribution >= 0.6 is 0 Å². The first-order valence-corrected chi connectivity index (χ1v) is 9.48. The smallest absolute Gasteiger partial charge is 0.279 e. The summed E-state index contributed by atoms with van der Waals surface area (Å²) in [4.78, 5) is 0. The monoisotopic (exact) mass is 318 g/mol. The zero-order valence-corrected chi connectivity index (χ0v) is 13.5. The summed E-state index contributed by atoms with van der Waals surface area (Å²) in [5.74, 6) is 0.199. The van der Waals surface area contributed by atoms with Crippen LogP contribution < -0.4 is 4.72 Å². The SMILES string of the molecule is CC1CCN(S(=O)(=O)NC2CCC3(CC2)OCCO3)CC1. The van der Waals surface area contributed by atoms with Gasteiger partial charge in [-0.1, -0.05) is 6.92 Å². The zero-order chi connectivity index (χ0) is 14.9. The average molecular weight is 318 g/mol. The quantitative estimate of drug-likeness (QED) is 0.850. The lowest BCUT2D eigenvalue weighted by Gasteiger charge is -2.37. The zero-order valence-electron chi connectivity index (χ0n) is 12.7. The van der Waals surface area contributed by atoms with Gasteiger partial charge in [-0.25, -0.2) is 0 Å². The second-order valence-electron chi connectivity index (χ2n) is 6.59. The van der Waals surface area contributed by atoms with Gasteiger partial charge in [0.25, 0.3) is 10.2 Å². The third-order valence-corrected chi connectivity index (χ3v) is 6.64. The van der Waals surface area contributed by atoms with E-state index >= 15 is 0 Å². The fourth-order valence-electron chi connectivity index (χ4n) is 3.47. The molecule has 0 aromatic rings. The number of nitrogens with zero attached hydrogens (tertiary/aromatic N) is 1. The summed E-state index contributed by atoms with van der Waals surface area (Å²) in [5, 5.41) is 0. The predicted octanol–water partition coefficient (Wildman–Crippen LogP) is 1.24. The molecule has 3 rings (SSSR count). The number of hydrogen-bond donors (Lipinski definition) is 1. The van der Waals surface area contributed by atoms with Crippen molar-refractivity contribution in [3.8, 4) is 0 Å². The van der Waals surface area contributed by atoms with Gasteiger partial charge >= 0.3 is 0 Å². The molecule has 0 aromatic carbocycles. The molecule has 3 fully saturated rings. The highest BCUT2D eigenvalue weighted by atomic mass is 32.2. The van der Waals surface area contributed by atoms with E-state index in [1.807, 2.05) is 0 Å². The fourth-order valence-corrected chi connectivity index (χ4v) is 4.97. The summed E-state index contributed by atoms with van der Waals surface area (Å²) in [5.41, 5.74) is 0. The van der Waals surface area contributed by atoms with E-state index in [0.717, 1.165) is 38.5 Å². The molecule has 0 aromatic heterocycles. The Bertz CT molecular complexity index is 444. The molecule has 6 nitrogen and oxygen atoms in total. The van der Waals surface area contributed by atoms with Crippen LogP contribution in [0.1, 0.15) is 45.4 Å². The van der Waals surface area contributed by atoms with E-state index in [1.165, 1.54) is 0 Å². The van der Waals surface area contributed by atoms with Crippen molar-refractivity contribution >= 4 is 10.2 Å².